The van der Waals surface area contributed by atoms with Crippen LogP contribution in [0.15, 0.2) is 30.5 Å². The quantitative estimate of drug-likeness (QED) is 0.353. The van der Waals surface area contributed by atoms with Gasteiger partial charge in [0.1, 0.15) is 11.8 Å². The Morgan fingerprint density at radius 2 is 1.81 bits per heavy atom. The summed E-state index contributed by atoms with van der Waals surface area (Å²) >= 11 is 12.6. The van der Waals surface area contributed by atoms with Gasteiger partial charge < -0.3 is 29.2 Å². The molecule has 0 aliphatic carbocycles. The molecule has 2 aliphatic heterocycles. The largest absolute Gasteiger partial charge is 0.495 e. The van der Waals surface area contributed by atoms with Gasteiger partial charge in [-0.2, -0.15) is 5.26 Å². The van der Waals surface area contributed by atoms with Crippen LogP contribution < -0.4 is 19.5 Å². The number of halogens is 2. The second-order valence-corrected chi connectivity index (χ2v) is 10.1. The van der Waals surface area contributed by atoms with Crippen molar-refractivity contribution in [2.45, 2.75) is 6.42 Å². The number of hydrogen-bond donors (Lipinski definition) is 1. The predicted molar refractivity (Wildman–Crippen MR) is 144 cm³/mol. The first-order valence-corrected chi connectivity index (χ1v) is 12.9. The van der Waals surface area contributed by atoms with Crippen LogP contribution in [0.4, 0.5) is 11.4 Å². The van der Waals surface area contributed by atoms with Crippen molar-refractivity contribution in [2.75, 3.05) is 59.0 Å². The molecule has 2 atom stereocenters. The van der Waals surface area contributed by atoms with E-state index >= 15 is 0 Å². The number of likely N-dealkylation sites (tertiary alicyclic amines) is 1. The van der Waals surface area contributed by atoms with Crippen LogP contribution in [0.2, 0.25) is 10.0 Å². The number of nitrogens with one attached hydrogen (secondary N) is 1. The summed E-state index contributed by atoms with van der Waals surface area (Å²) < 4.78 is 22.6. The molecule has 0 saturated carbocycles. The van der Waals surface area contributed by atoms with Crippen LogP contribution in [0.5, 0.6) is 17.2 Å². The second kappa shape index (κ2) is 11.2. The SMILES string of the molecule is COc1cc(Nc2c(C#N)cnc3cc(OCCCN4CC5COCC5C4)c(OC)cc23)c(Cl)cc1Cl. The van der Waals surface area contributed by atoms with Crippen molar-refractivity contribution < 1.29 is 18.9 Å². The van der Waals surface area contributed by atoms with E-state index in [9.17, 15) is 5.26 Å². The zero-order valence-electron chi connectivity index (χ0n) is 20.7. The van der Waals surface area contributed by atoms with E-state index in [1.165, 1.54) is 13.3 Å². The van der Waals surface area contributed by atoms with Gasteiger partial charge in [-0.1, -0.05) is 23.2 Å². The molecule has 194 valence electrons. The van der Waals surface area contributed by atoms with Gasteiger partial charge >= 0.3 is 0 Å². The summed E-state index contributed by atoms with van der Waals surface area (Å²) in [5.41, 5.74) is 2.10. The molecule has 3 aromatic rings. The zero-order valence-corrected chi connectivity index (χ0v) is 22.2. The first kappa shape index (κ1) is 25.7. The third-order valence-corrected chi connectivity index (χ3v) is 7.58. The van der Waals surface area contributed by atoms with Crippen molar-refractivity contribution >= 4 is 45.5 Å². The summed E-state index contributed by atoms with van der Waals surface area (Å²) in [6.45, 7) is 5.54. The number of fused-ring (bicyclic) bond motifs is 2. The fraction of sp³-hybridized carbons (Fsp3) is 0.407. The van der Waals surface area contributed by atoms with E-state index in [0.29, 0.717) is 73.6 Å². The van der Waals surface area contributed by atoms with E-state index in [0.717, 1.165) is 39.3 Å². The second-order valence-electron chi connectivity index (χ2n) is 9.29. The topological polar surface area (TPSA) is 88.9 Å². The number of aromatic nitrogens is 1. The van der Waals surface area contributed by atoms with Gasteiger partial charge in [0.05, 0.1) is 66.5 Å². The summed E-state index contributed by atoms with van der Waals surface area (Å²) in [4.78, 5) is 6.99. The minimum Gasteiger partial charge on any atom is -0.495 e. The Hall–Kier alpha value is -2.96. The maximum atomic E-state index is 9.76. The summed E-state index contributed by atoms with van der Waals surface area (Å²) in [6.07, 6.45) is 2.43. The molecule has 1 N–H and O–H groups in total. The first-order valence-electron chi connectivity index (χ1n) is 12.1. The van der Waals surface area contributed by atoms with Gasteiger partial charge in [0.15, 0.2) is 11.5 Å². The van der Waals surface area contributed by atoms with Crippen LogP contribution in [-0.2, 0) is 4.74 Å². The fourth-order valence-corrected chi connectivity index (χ4v) is 5.55. The van der Waals surface area contributed by atoms with Crippen LogP contribution in [0, 0.1) is 23.2 Å². The standard InChI is InChI=1S/C27H28Cl2N4O4/c1-34-24-9-23(20(28)7-21(24)29)32-27-16(10-30)11-31-22-8-26(25(35-2)6-19(22)27)37-5-3-4-33-12-17-14-36-15-18(17)13-33/h6-9,11,17-18H,3-5,12-15H2,1-2H3,(H,31,32). The number of ether oxygens (including phenoxy) is 4. The molecule has 2 saturated heterocycles. The third-order valence-electron chi connectivity index (χ3n) is 6.97. The van der Waals surface area contributed by atoms with E-state index in [4.69, 9.17) is 42.1 Å². The zero-order chi connectivity index (χ0) is 25.9. The lowest BCUT2D eigenvalue weighted by molar-refractivity contribution is 0.152. The minimum atomic E-state index is 0.356. The van der Waals surface area contributed by atoms with Crippen LogP contribution in [0.3, 0.4) is 0 Å². The molecule has 2 fully saturated rings. The van der Waals surface area contributed by atoms with Gasteiger partial charge in [-0.3, -0.25) is 4.98 Å². The van der Waals surface area contributed by atoms with Crippen LogP contribution in [-0.4, -0.2) is 63.6 Å². The minimum absolute atomic E-state index is 0.356. The lowest BCUT2D eigenvalue weighted by Crippen LogP contribution is -2.25. The van der Waals surface area contributed by atoms with E-state index in [1.54, 1.807) is 19.2 Å². The molecule has 3 heterocycles. The van der Waals surface area contributed by atoms with Crippen LogP contribution in [0.1, 0.15) is 12.0 Å². The molecular formula is C27H28Cl2N4O4. The first-order chi connectivity index (χ1) is 18.0. The number of pyridine rings is 1. The average molecular weight is 543 g/mol. The Labute approximate surface area is 226 Å². The molecule has 0 bridgehead atoms. The fourth-order valence-electron chi connectivity index (χ4n) is 5.04. The molecule has 37 heavy (non-hydrogen) atoms. The summed E-state index contributed by atoms with van der Waals surface area (Å²) in [7, 11) is 3.12. The van der Waals surface area contributed by atoms with E-state index in [2.05, 4.69) is 21.3 Å². The Bertz CT molecular complexity index is 1330. The van der Waals surface area contributed by atoms with E-state index in [1.807, 2.05) is 12.1 Å². The van der Waals surface area contributed by atoms with E-state index in [-0.39, 0.29) is 0 Å². The number of benzene rings is 2. The smallest absolute Gasteiger partial charge is 0.163 e. The van der Waals surface area contributed by atoms with Crippen molar-refractivity contribution in [3.8, 4) is 23.3 Å². The highest BCUT2D eigenvalue weighted by atomic mass is 35.5. The number of rotatable bonds is 9. The molecule has 1 aromatic heterocycles. The predicted octanol–water partition coefficient (Wildman–Crippen LogP) is 5.52. The van der Waals surface area contributed by atoms with Crippen LogP contribution >= 0.6 is 23.2 Å². The molecule has 10 heteroatoms. The summed E-state index contributed by atoms with van der Waals surface area (Å²) in [6, 6.07) is 9.13. The highest BCUT2D eigenvalue weighted by Gasteiger charge is 2.36. The van der Waals surface area contributed by atoms with Gasteiger partial charge in [0.25, 0.3) is 0 Å². The van der Waals surface area contributed by atoms with Crippen LogP contribution in [0.25, 0.3) is 10.9 Å². The van der Waals surface area contributed by atoms with Gasteiger partial charge in [0, 0.05) is 55.2 Å². The lowest BCUT2D eigenvalue weighted by Gasteiger charge is -2.18. The molecule has 0 amide bonds. The van der Waals surface area contributed by atoms with Crippen molar-refractivity contribution in [1.29, 1.82) is 5.26 Å². The Kier molecular flexibility index (Phi) is 7.77. The number of nitriles is 1. The number of methoxy groups -OCH3 is 2. The molecule has 0 radical (unpaired) electrons. The summed E-state index contributed by atoms with van der Waals surface area (Å²) in [5.74, 6) is 2.98. The van der Waals surface area contributed by atoms with E-state index < -0.39 is 0 Å². The van der Waals surface area contributed by atoms with Gasteiger partial charge in [-0.15, -0.1) is 0 Å². The molecule has 8 nitrogen and oxygen atoms in total. The van der Waals surface area contributed by atoms with Gasteiger partial charge in [-0.05, 0) is 18.6 Å². The van der Waals surface area contributed by atoms with Crippen molar-refractivity contribution in [3.63, 3.8) is 0 Å². The maximum Gasteiger partial charge on any atom is 0.163 e. The number of hydrogen-bond acceptors (Lipinski definition) is 8. The normalized spacial score (nSPS) is 19.0. The number of nitrogens with zero attached hydrogens (tertiary/aromatic N) is 3. The Balaban J connectivity index is 1.35. The van der Waals surface area contributed by atoms with Gasteiger partial charge in [-0.25, -0.2) is 0 Å². The highest BCUT2D eigenvalue weighted by molar-refractivity contribution is 6.37. The Morgan fingerprint density at radius 1 is 1.05 bits per heavy atom. The number of anilines is 2. The summed E-state index contributed by atoms with van der Waals surface area (Å²) in [5, 5.41) is 14.5. The van der Waals surface area contributed by atoms with Crippen molar-refractivity contribution in [2.24, 2.45) is 11.8 Å². The van der Waals surface area contributed by atoms with Crippen molar-refractivity contribution in [3.05, 3.63) is 46.1 Å². The Morgan fingerprint density at radius 3 is 2.51 bits per heavy atom. The monoisotopic (exact) mass is 542 g/mol. The lowest BCUT2D eigenvalue weighted by atomic mass is 10.0. The third kappa shape index (κ3) is 5.36. The highest BCUT2D eigenvalue weighted by Crippen LogP contribution is 2.40. The molecule has 0 spiro atoms. The molecule has 2 unspecified atom stereocenters. The molecule has 2 aromatic carbocycles. The molecule has 2 aliphatic rings. The molecular weight excluding hydrogens is 515 g/mol. The molecule has 5 rings (SSSR count). The van der Waals surface area contributed by atoms with Crippen molar-refractivity contribution in [1.82, 2.24) is 9.88 Å². The average Bonchev–Trinajstić information content (AvgIpc) is 3.50. The van der Waals surface area contributed by atoms with Gasteiger partial charge in [0.2, 0.25) is 0 Å². The maximum absolute atomic E-state index is 9.76.